The van der Waals surface area contributed by atoms with Gasteiger partial charge in [0.05, 0.1) is 24.6 Å². The molecule has 1 rings (SSSR count). The third-order valence-electron chi connectivity index (χ3n) is 2.78. The first-order valence-corrected chi connectivity index (χ1v) is 6.18. The lowest BCUT2D eigenvalue weighted by Gasteiger charge is -2.37. The van der Waals surface area contributed by atoms with Crippen LogP contribution in [0.1, 0.15) is 0 Å². The predicted octanol–water partition coefficient (Wildman–Crippen LogP) is -1.45. The summed E-state index contributed by atoms with van der Waals surface area (Å²) in [4.78, 5) is 0. The number of nitrogens with one attached hydrogen (secondary N) is 1. The molecule has 0 saturated carbocycles. The van der Waals surface area contributed by atoms with E-state index in [9.17, 15) is 20.6 Å². The van der Waals surface area contributed by atoms with E-state index in [1.54, 1.807) is 0 Å². The van der Waals surface area contributed by atoms with Gasteiger partial charge in [0.25, 0.3) is 0 Å². The van der Waals surface area contributed by atoms with E-state index in [0.29, 0.717) is 0 Å². The van der Waals surface area contributed by atoms with Crippen LogP contribution in [0, 0.1) is 10.4 Å². The molecule has 0 aliphatic rings. The lowest BCUT2D eigenvalue weighted by Crippen LogP contribution is -2.38. The molecule has 0 amide bonds. The minimum absolute atomic E-state index is 0.0998. The second-order valence-corrected chi connectivity index (χ2v) is 4.32. The molecule has 0 spiro atoms. The normalized spacial score (nSPS) is 14.3. The van der Waals surface area contributed by atoms with Crippen molar-refractivity contribution >= 4 is 22.8 Å². The summed E-state index contributed by atoms with van der Waals surface area (Å²) in [6.45, 7) is -1.54. The van der Waals surface area contributed by atoms with Crippen LogP contribution in [0.25, 0.3) is 0 Å². The second kappa shape index (κ2) is 8.56. The van der Waals surface area contributed by atoms with Gasteiger partial charge in [0.2, 0.25) is 0 Å². The Morgan fingerprint density at radius 2 is 1.87 bits per heavy atom. The highest BCUT2D eigenvalue weighted by molar-refractivity contribution is 5.91. The zero-order chi connectivity index (χ0) is 17.6. The summed E-state index contributed by atoms with van der Waals surface area (Å²) >= 11 is 0. The van der Waals surface area contributed by atoms with Crippen molar-refractivity contribution in [2.24, 2.45) is 5.10 Å². The molecule has 1 aromatic carbocycles. The van der Waals surface area contributed by atoms with E-state index in [1.807, 2.05) is 0 Å². The van der Waals surface area contributed by atoms with Crippen molar-refractivity contribution in [3.05, 3.63) is 28.6 Å². The van der Waals surface area contributed by atoms with Crippen molar-refractivity contribution in [1.29, 1.82) is 0 Å². The summed E-state index contributed by atoms with van der Waals surface area (Å²) in [6, 6.07) is 3.01. The van der Waals surface area contributed by atoms with Crippen molar-refractivity contribution < 1.29 is 30.8 Å². The van der Waals surface area contributed by atoms with Gasteiger partial charge >= 0.3 is 0 Å². The molecule has 130 valence electrons. The number of aliphatic hydroxyl groups excluding tert-OH is 4. The average molecular weight is 332 g/mol. The first-order chi connectivity index (χ1) is 10.8. The number of hydrogen-bond donors (Lipinski definition) is 7. The van der Waals surface area contributed by atoms with Crippen LogP contribution in [-0.2, 0) is 0 Å². The van der Waals surface area contributed by atoms with E-state index in [4.69, 9.17) is 20.6 Å². The molecule has 0 aromatic heterocycles. The van der Waals surface area contributed by atoms with Crippen LogP contribution in [0.5, 0.6) is 0 Å². The first kappa shape index (κ1) is 19.0. The fourth-order valence-electron chi connectivity index (χ4n) is 1.54. The molecule has 12 nitrogen and oxygen atoms in total. The van der Waals surface area contributed by atoms with Crippen LogP contribution in [0.4, 0.5) is 17.1 Å². The van der Waals surface area contributed by atoms with E-state index in [2.05, 4.69) is 10.5 Å². The molecule has 0 bridgehead atoms. The number of hydrogen-bond acceptors (Lipinski definition) is 12. The third kappa shape index (κ3) is 4.98. The molecule has 0 aliphatic heterocycles. The minimum Gasteiger partial charge on any atom is -0.769 e. The van der Waals surface area contributed by atoms with Gasteiger partial charge in [-0.25, -0.2) is 0 Å². The fourth-order valence-corrected chi connectivity index (χ4v) is 1.54. The summed E-state index contributed by atoms with van der Waals surface area (Å²) < 4.78 is 0. The number of hydrazone groups is 1. The maximum atomic E-state index is 10.7. The smallest absolute Gasteiger partial charge is 0.124 e. The molecule has 0 aliphatic carbocycles. The van der Waals surface area contributed by atoms with Gasteiger partial charge in [-0.2, -0.15) is 5.10 Å². The molecule has 0 saturated heterocycles. The Hall–Kier alpha value is -2.03. The topological polar surface area (TPSA) is 198 Å². The number of benzene rings is 1. The molecular weight excluding hydrogens is 316 g/mol. The van der Waals surface area contributed by atoms with Gasteiger partial charge in [0.15, 0.2) is 0 Å². The van der Waals surface area contributed by atoms with Crippen molar-refractivity contribution in [2.45, 2.75) is 12.2 Å². The molecule has 23 heavy (non-hydrogen) atoms. The summed E-state index contributed by atoms with van der Waals surface area (Å²) in [6.07, 6.45) is -3.25. The largest absolute Gasteiger partial charge is 0.769 e. The molecule has 7 N–H and O–H groups in total. The van der Waals surface area contributed by atoms with Crippen LogP contribution >= 0.6 is 0 Å². The van der Waals surface area contributed by atoms with Crippen LogP contribution < -0.4 is 15.9 Å². The van der Waals surface area contributed by atoms with Gasteiger partial charge in [0.1, 0.15) is 17.9 Å². The van der Waals surface area contributed by atoms with Gasteiger partial charge in [0, 0.05) is 5.69 Å². The molecule has 2 atom stereocenters. The maximum Gasteiger partial charge on any atom is 0.124 e. The highest BCUT2D eigenvalue weighted by Gasteiger charge is 2.21. The van der Waals surface area contributed by atoms with Gasteiger partial charge < -0.3 is 36.1 Å². The Morgan fingerprint density at radius 3 is 2.35 bits per heavy atom. The average Bonchev–Trinajstić information content (AvgIpc) is 2.53. The van der Waals surface area contributed by atoms with Gasteiger partial charge in [-0.1, -0.05) is 0 Å². The molecular formula is C11H16N4O8-2. The Balaban J connectivity index is 3.05. The Bertz CT molecular complexity index is 539. The van der Waals surface area contributed by atoms with Crippen LogP contribution in [0.15, 0.2) is 23.3 Å². The maximum absolute atomic E-state index is 10.7. The van der Waals surface area contributed by atoms with Crippen LogP contribution in [-0.4, -0.2) is 62.0 Å². The van der Waals surface area contributed by atoms with E-state index in [0.717, 1.165) is 18.2 Å². The summed E-state index contributed by atoms with van der Waals surface area (Å²) in [5.41, 5.74) is 0.979. The lowest BCUT2D eigenvalue weighted by atomic mass is 10.1. The third-order valence-corrected chi connectivity index (χ3v) is 2.78. The summed E-state index contributed by atoms with van der Waals surface area (Å²) in [5.74, 6) is 0. The zero-order valence-corrected chi connectivity index (χ0v) is 11.6. The minimum atomic E-state index is -1.67. The molecule has 0 heterocycles. The van der Waals surface area contributed by atoms with Gasteiger partial charge in [-0.05, 0) is 18.2 Å². The van der Waals surface area contributed by atoms with E-state index in [1.165, 1.54) is 0 Å². The number of nitrogens with zero attached hydrogens (tertiary/aromatic N) is 3. The van der Waals surface area contributed by atoms with Crippen molar-refractivity contribution in [2.75, 3.05) is 29.1 Å². The highest BCUT2D eigenvalue weighted by atomic mass is 16.8. The number of anilines is 3. The van der Waals surface area contributed by atoms with Crippen molar-refractivity contribution in [3.8, 4) is 0 Å². The Morgan fingerprint density at radius 1 is 1.22 bits per heavy atom. The van der Waals surface area contributed by atoms with Crippen molar-refractivity contribution in [3.63, 3.8) is 0 Å². The van der Waals surface area contributed by atoms with E-state index < -0.39 is 42.0 Å². The quantitative estimate of drug-likeness (QED) is 0.217. The predicted molar refractivity (Wildman–Crippen MR) is 78.9 cm³/mol. The fraction of sp³-hybridized carbons (Fsp3) is 0.364. The second-order valence-electron chi connectivity index (χ2n) is 4.32. The molecule has 1 aromatic rings. The SMILES string of the molecule is [O-]N([O-])c1ccc(NN=C(CO)[C@@H](O)[C@H](O)CO)c(N(O)O)c1. The van der Waals surface area contributed by atoms with Crippen LogP contribution in [0.2, 0.25) is 0 Å². The van der Waals surface area contributed by atoms with Crippen LogP contribution in [0.3, 0.4) is 0 Å². The first-order valence-electron chi connectivity index (χ1n) is 6.18. The molecule has 0 radical (unpaired) electrons. The van der Waals surface area contributed by atoms with Crippen molar-refractivity contribution in [1.82, 2.24) is 0 Å². The summed E-state index contributed by atoms with van der Waals surface area (Å²) in [7, 11) is 0. The Labute approximate surface area is 129 Å². The number of aliphatic hydroxyl groups is 4. The Kier molecular flexibility index (Phi) is 7.08. The van der Waals surface area contributed by atoms with Gasteiger partial charge in [-0.3, -0.25) is 15.8 Å². The standard InChI is InChI=1S/C11H16N4O8/c16-4-8(11(19)10(18)5-17)13-12-7-2-1-6(14(20)21)3-9(7)15(22)23/h1-3,10-12,16-19,22-23H,4-5H2/q-2/t10-,11-/m1/s1. The molecule has 12 heteroatoms. The molecule has 0 unspecified atom stereocenters. The monoisotopic (exact) mass is 332 g/mol. The molecule has 0 fully saturated rings. The van der Waals surface area contributed by atoms with Gasteiger partial charge in [-0.15, -0.1) is 5.23 Å². The number of rotatable bonds is 8. The summed E-state index contributed by atoms with van der Waals surface area (Å²) in [5, 5.41) is 78.6. The highest BCUT2D eigenvalue weighted by Crippen LogP contribution is 2.29. The lowest BCUT2D eigenvalue weighted by molar-refractivity contribution is 0.0163. The van der Waals surface area contributed by atoms with E-state index >= 15 is 0 Å². The van der Waals surface area contributed by atoms with E-state index in [-0.39, 0.29) is 16.6 Å². The zero-order valence-electron chi connectivity index (χ0n) is 11.6.